The third kappa shape index (κ3) is 4.23. The van der Waals surface area contributed by atoms with E-state index in [9.17, 15) is 13.2 Å². The molecule has 0 saturated carbocycles. The fourth-order valence-corrected chi connectivity index (χ4v) is 1.87. The number of rotatable bonds is 4. The Hall–Kier alpha value is -2.01. The second-order valence-corrected chi connectivity index (χ2v) is 4.85. The van der Waals surface area contributed by atoms with Crippen LogP contribution in [0.5, 0.6) is 5.75 Å². The van der Waals surface area contributed by atoms with Gasteiger partial charge in [0.1, 0.15) is 12.4 Å². The molecule has 0 aliphatic carbocycles. The maximum atomic E-state index is 12.9. The summed E-state index contributed by atoms with van der Waals surface area (Å²) < 4.78 is 44.1. The van der Waals surface area contributed by atoms with E-state index in [2.05, 4.69) is 0 Å². The summed E-state index contributed by atoms with van der Waals surface area (Å²) in [6.07, 6.45) is -4.42. The molecule has 5 heteroatoms. The SMILES string of the molecule is C[C@@H](N)c1cc(OCc2ccccc2)cc(C(F)(F)F)c1. The first-order chi connectivity index (χ1) is 9.86. The van der Waals surface area contributed by atoms with E-state index in [0.29, 0.717) is 5.56 Å². The highest BCUT2D eigenvalue weighted by molar-refractivity contribution is 5.37. The Balaban J connectivity index is 2.24. The molecular formula is C16H16F3NO. The van der Waals surface area contributed by atoms with Gasteiger partial charge >= 0.3 is 6.18 Å². The lowest BCUT2D eigenvalue weighted by molar-refractivity contribution is -0.137. The lowest BCUT2D eigenvalue weighted by Gasteiger charge is -2.15. The largest absolute Gasteiger partial charge is 0.489 e. The van der Waals surface area contributed by atoms with Crippen molar-refractivity contribution in [3.05, 3.63) is 65.2 Å². The van der Waals surface area contributed by atoms with Crippen molar-refractivity contribution in [3.63, 3.8) is 0 Å². The number of benzene rings is 2. The van der Waals surface area contributed by atoms with Crippen molar-refractivity contribution in [2.24, 2.45) is 5.73 Å². The van der Waals surface area contributed by atoms with Gasteiger partial charge in [0, 0.05) is 6.04 Å². The molecule has 0 aliphatic rings. The molecule has 0 amide bonds. The van der Waals surface area contributed by atoms with Crippen LogP contribution in [0.1, 0.15) is 29.7 Å². The second-order valence-electron chi connectivity index (χ2n) is 4.85. The lowest BCUT2D eigenvalue weighted by atomic mass is 10.0. The van der Waals surface area contributed by atoms with Gasteiger partial charge in [-0.25, -0.2) is 0 Å². The van der Waals surface area contributed by atoms with Crippen LogP contribution in [0.15, 0.2) is 48.5 Å². The van der Waals surface area contributed by atoms with Crippen LogP contribution in [0.3, 0.4) is 0 Å². The first-order valence-electron chi connectivity index (χ1n) is 6.51. The molecule has 21 heavy (non-hydrogen) atoms. The molecule has 2 N–H and O–H groups in total. The Labute approximate surface area is 121 Å². The van der Waals surface area contributed by atoms with Gasteiger partial charge in [0.05, 0.1) is 5.56 Å². The maximum absolute atomic E-state index is 12.9. The Bertz CT molecular complexity index is 594. The zero-order valence-corrected chi connectivity index (χ0v) is 11.5. The number of hydrogen-bond donors (Lipinski definition) is 1. The summed E-state index contributed by atoms with van der Waals surface area (Å²) in [5.74, 6) is 0.168. The fourth-order valence-electron chi connectivity index (χ4n) is 1.87. The monoisotopic (exact) mass is 295 g/mol. The average molecular weight is 295 g/mol. The smallest absolute Gasteiger partial charge is 0.416 e. The van der Waals surface area contributed by atoms with Gasteiger partial charge in [-0.3, -0.25) is 0 Å². The highest BCUT2D eigenvalue weighted by atomic mass is 19.4. The van der Waals surface area contributed by atoms with E-state index in [1.165, 1.54) is 0 Å². The quantitative estimate of drug-likeness (QED) is 0.912. The first-order valence-corrected chi connectivity index (χ1v) is 6.51. The van der Waals surface area contributed by atoms with E-state index in [1.54, 1.807) is 13.0 Å². The standard InChI is InChI=1S/C16H16F3NO/c1-11(20)13-7-14(16(17,18)19)9-15(8-13)21-10-12-5-3-2-4-6-12/h2-9,11H,10,20H2,1H3/t11-/m1/s1. The van der Waals surface area contributed by atoms with Crippen molar-refractivity contribution in [1.82, 2.24) is 0 Å². The van der Waals surface area contributed by atoms with Crippen LogP contribution < -0.4 is 10.5 Å². The summed E-state index contributed by atoms with van der Waals surface area (Å²) in [7, 11) is 0. The van der Waals surface area contributed by atoms with E-state index in [0.717, 1.165) is 17.7 Å². The zero-order chi connectivity index (χ0) is 15.5. The van der Waals surface area contributed by atoms with Crippen LogP contribution in [-0.2, 0) is 12.8 Å². The minimum atomic E-state index is -4.42. The third-order valence-corrected chi connectivity index (χ3v) is 3.03. The molecule has 0 aromatic heterocycles. The van der Waals surface area contributed by atoms with E-state index < -0.39 is 17.8 Å². The van der Waals surface area contributed by atoms with Gasteiger partial charge in [-0.1, -0.05) is 30.3 Å². The summed E-state index contributed by atoms with van der Waals surface area (Å²) in [4.78, 5) is 0. The molecule has 2 nitrogen and oxygen atoms in total. The number of nitrogens with two attached hydrogens (primary N) is 1. The normalized spacial score (nSPS) is 13.0. The highest BCUT2D eigenvalue weighted by Gasteiger charge is 2.31. The Morgan fingerprint density at radius 2 is 1.76 bits per heavy atom. The molecule has 0 unspecified atom stereocenters. The van der Waals surface area contributed by atoms with E-state index >= 15 is 0 Å². The summed E-state index contributed by atoms with van der Waals surface area (Å²) in [5.41, 5.74) is 6.21. The van der Waals surface area contributed by atoms with E-state index in [4.69, 9.17) is 10.5 Å². The predicted octanol–water partition coefficient (Wildman–Crippen LogP) is 4.30. The summed E-state index contributed by atoms with van der Waals surface area (Å²) in [6.45, 7) is 1.84. The van der Waals surface area contributed by atoms with Crippen LogP contribution in [0, 0.1) is 0 Å². The van der Waals surface area contributed by atoms with Crippen molar-refractivity contribution in [1.29, 1.82) is 0 Å². The molecule has 112 valence electrons. The molecule has 1 atom stereocenters. The van der Waals surface area contributed by atoms with Gasteiger partial charge in [-0.2, -0.15) is 13.2 Å². The number of alkyl halides is 3. The van der Waals surface area contributed by atoms with Crippen LogP contribution in [0.4, 0.5) is 13.2 Å². The summed E-state index contributed by atoms with van der Waals surface area (Å²) in [5, 5.41) is 0. The van der Waals surface area contributed by atoms with Gasteiger partial charge in [0.2, 0.25) is 0 Å². The summed E-state index contributed by atoms with van der Waals surface area (Å²) in [6, 6.07) is 12.3. The van der Waals surface area contributed by atoms with Gasteiger partial charge in [-0.15, -0.1) is 0 Å². The molecule has 0 spiro atoms. The first kappa shape index (κ1) is 15.4. The minimum absolute atomic E-state index is 0.168. The Morgan fingerprint density at radius 1 is 1.10 bits per heavy atom. The van der Waals surface area contributed by atoms with Crippen LogP contribution in [0.2, 0.25) is 0 Å². The van der Waals surface area contributed by atoms with Gasteiger partial charge in [0.25, 0.3) is 0 Å². The molecule has 2 rings (SSSR count). The number of halogens is 3. The van der Waals surface area contributed by atoms with Crippen molar-refractivity contribution >= 4 is 0 Å². The Kier molecular flexibility index (Phi) is 4.53. The zero-order valence-electron chi connectivity index (χ0n) is 11.5. The maximum Gasteiger partial charge on any atom is 0.416 e. The molecule has 2 aromatic carbocycles. The molecule has 0 fully saturated rings. The molecule has 0 bridgehead atoms. The molecular weight excluding hydrogens is 279 g/mol. The third-order valence-electron chi connectivity index (χ3n) is 3.03. The Morgan fingerprint density at radius 3 is 2.33 bits per heavy atom. The second kappa shape index (κ2) is 6.18. The predicted molar refractivity (Wildman–Crippen MR) is 74.8 cm³/mol. The molecule has 0 saturated heterocycles. The average Bonchev–Trinajstić information content (AvgIpc) is 2.45. The van der Waals surface area contributed by atoms with E-state index in [1.807, 2.05) is 30.3 Å². The highest BCUT2D eigenvalue weighted by Crippen LogP contribution is 2.34. The van der Waals surface area contributed by atoms with Crippen LogP contribution in [0.25, 0.3) is 0 Å². The van der Waals surface area contributed by atoms with Gasteiger partial charge in [0.15, 0.2) is 0 Å². The number of ether oxygens (including phenoxy) is 1. The van der Waals surface area contributed by atoms with Crippen molar-refractivity contribution in [3.8, 4) is 5.75 Å². The van der Waals surface area contributed by atoms with Gasteiger partial charge < -0.3 is 10.5 Å². The van der Waals surface area contributed by atoms with Crippen molar-refractivity contribution in [2.75, 3.05) is 0 Å². The molecule has 0 aliphatic heterocycles. The van der Waals surface area contributed by atoms with Crippen molar-refractivity contribution < 1.29 is 17.9 Å². The van der Waals surface area contributed by atoms with Crippen LogP contribution in [-0.4, -0.2) is 0 Å². The molecule has 2 aromatic rings. The topological polar surface area (TPSA) is 35.2 Å². The number of hydrogen-bond acceptors (Lipinski definition) is 2. The van der Waals surface area contributed by atoms with Crippen molar-refractivity contribution in [2.45, 2.75) is 25.7 Å². The summed E-state index contributed by atoms with van der Waals surface area (Å²) >= 11 is 0. The minimum Gasteiger partial charge on any atom is -0.489 e. The van der Waals surface area contributed by atoms with Crippen LogP contribution >= 0.6 is 0 Å². The van der Waals surface area contributed by atoms with E-state index in [-0.39, 0.29) is 12.4 Å². The van der Waals surface area contributed by atoms with Gasteiger partial charge in [-0.05, 0) is 36.2 Å². The molecule has 0 heterocycles. The molecule has 0 radical (unpaired) electrons. The lowest BCUT2D eigenvalue weighted by Crippen LogP contribution is -2.10. The fraction of sp³-hybridized carbons (Fsp3) is 0.250.